The van der Waals surface area contributed by atoms with Crippen LogP contribution < -0.4 is 4.74 Å². The summed E-state index contributed by atoms with van der Waals surface area (Å²) in [6, 6.07) is 11.6. The maximum atomic E-state index is 13.6. The summed E-state index contributed by atoms with van der Waals surface area (Å²) in [6.07, 6.45) is 1.63. The fourth-order valence-corrected chi connectivity index (χ4v) is 2.62. The maximum Gasteiger partial charge on any atom is 0.164 e. The minimum absolute atomic E-state index is 0.0691. The predicted octanol–water partition coefficient (Wildman–Crippen LogP) is 5.26. The van der Waals surface area contributed by atoms with Gasteiger partial charge in [0.05, 0.1) is 10.0 Å². The van der Waals surface area contributed by atoms with Crippen LogP contribution in [0.2, 0.25) is 10.0 Å². The molecule has 0 N–H and O–H groups in total. The Morgan fingerprint density at radius 3 is 2.67 bits per heavy atom. The van der Waals surface area contributed by atoms with E-state index in [9.17, 15) is 4.39 Å². The Morgan fingerprint density at radius 2 is 1.86 bits per heavy atom. The lowest BCUT2D eigenvalue weighted by Crippen LogP contribution is -2.00. The van der Waals surface area contributed by atoms with E-state index >= 15 is 0 Å². The summed E-state index contributed by atoms with van der Waals surface area (Å²) in [5, 5.41) is 1.59. The van der Waals surface area contributed by atoms with Gasteiger partial charge in [0.15, 0.2) is 5.75 Å². The number of nitrogens with zero attached hydrogens (tertiary/aromatic N) is 1. The molecule has 0 amide bonds. The van der Waals surface area contributed by atoms with E-state index in [1.807, 2.05) is 6.07 Å². The molecule has 21 heavy (non-hydrogen) atoms. The van der Waals surface area contributed by atoms with Gasteiger partial charge in [-0.15, -0.1) is 0 Å². The van der Waals surface area contributed by atoms with Gasteiger partial charge < -0.3 is 4.74 Å². The van der Waals surface area contributed by atoms with Crippen LogP contribution in [-0.4, -0.2) is 4.98 Å². The Hall–Kier alpha value is -1.84. The molecule has 3 aromatic rings. The molecule has 0 bridgehead atoms. The summed E-state index contributed by atoms with van der Waals surface area (Å²) in [5.74, 6) is 0.0831. The van der Waals surface area contributed by atoms with Crippen molar-refractivity contribution in [3.8, 4) is 5.75 Å². The van der Waals surface area contributed by atoms with Crippen LogP contribution in [0.3, 0.4) is 0 Å². The van der Waals surface area contributed by atoms with Gasteiger partial charge in [-0.25, -0.2) is 4.39 Å². The Kier molecular flexibility index (Phi) is 3.95. The molecule has 106 valence electrons. The van der Waals surface area contributed by atoms with E-state index in [-0.39, 0.29) is 12.4 Å². The van der Waals surface area contributed by atoms with E-state index in [1.54, 1.807) is 36.5 Å². The van der Waals surface area contributed by atoms with Crippen molar-refractivity contribution in [1.82, 2.24) is 4.98 Å². The highest BCUT2D eigenvalue weighted by Gasteiger charge is 2.13. The smallest absolute Gasteiger partial charge is 0.164 e. The van der Waals surface area contributed by atoms with E-state index in [2.05, 4.69) is 4.98 Å². The van der Waals surface area contributed by atoms with Gasteiger partial charge in [-0.2, -0.15) is 0 Å². The van der Waals surface area contributed by atoms with Crippen molar-refractivity contribution in [1.29, 1.82) is 0 Å². The predicted molar refractivity (Wildman–Crippen MR) is 82.5 cm³/mol. The standard InChI is InChI=1S/C16H10Cl2FNO/c17-12-8-13(18)16(15-11(12)5-3-7-20-15)21-9-10-4-1-2-6-14(10)19/h1-8H,9H2. The van der Waals surface area contributed by atoms with E-state index in [0.29, 0.717) is 26.9 Å². The highest BCUT2D eigenvalue weighted by Crippen LogP contribution is 2.37. The van der Waals surface area contributed by atoms with Crippen LogP contribution in [0.1, 0.15) is 5.56 Å². The second-order valence-corrected chi connectivity index (χ2v) is 5.26. The molecule has 0 aliphatic rings. The highest BCUT2D eigenvalue weighted by molar-refractivity contribution is 6.39. The number of benzene rings is 2. The molecule has 0 atom stereocenters. The molecular formula is C16H10Cl2FNO. The van der Waals surface area contributed by atoms with Crippen LogP contribution in [0.25, 0.3) is 10.9 Å². The molecule has 0 saturated carbocycles. The van der Waals surface area contributed by atoms with Crippen LogP contribution >= 0.6 is 23.2 Å². The van der Waals surface area contributed by atoms with Crippen LogP contribution in [0.4, 0.5) is 4.39 Å². The summed E-state index contributed by atoms with van der Waals surface area (Å²) in [5.41, 5.74) is 1.01. The molecule has 0 radical (unpaired) electrons. The summed E-state index contributed by atoms with van der Waals surface area (Å²) < 4.78 is 19.3. The van der Waals surface area contributed by atoms with Gasteiger partial charge in [0.25, 0.3) is 0 Å². The lowest BCUT2D eigenvalue weighted by molar-refractivity contribution is 0.303. The molecule has 0 fully saturated rings. The van der Waals surface area contributed by atoms with Crippen molar-refractivity contribution >= 4 is 34.1 Å². The van der Waals surface area contributed by atoms with Crippen molar-refractivity contribution in [2.75, 3.05) is 0 Å². The number of halogens is 3. The van der Waals surface area contributed by atoms with Crippen LogP contribution in [0.15, 0.2) is 48.7 Å². The molecule has 0 unspecified atom stereocenters. The van der Waals surface area contributed by atoms with Crippen molar-refractivity contribution in [2.24, 2.45) is 0 Å². The number of hydrogen-bond acceptors (Lipinski definition) is 2. The highest BCUT2D eigenvalue weighted by atomic mass is 35.5. The summed E-state index contributed by atoms with van der Waals surface area (Å²) in [4.78, 5) is 4.25. The Labute approximate surface area is 131 Å². The van der Waals surface area contributed by atoms with Crippen LogP contribution in [0.5, 0.6) is 5.75 Å². The third kappa shape index (κ3) is 2.80. The van der Waals surface area contributed by atoms with Crippen molar-refractivity contribution in [3.05, 3.63) is 70.1 Å². The molecule has 2 nitrogen and oxygen atoms in total. The van der Waals surface area contributed by atoms with Gasteiger partial charge in [0, 0.05) is 17.1 Å². The largest absolute Gasteiger partial charge is 0.485 e. The topological polar surface area (TPSA) is 22.1 Å². The first-order valence-electron chi connectivity index (χ1n) is 6.26. The van der Waals surface area contributed by atoms with E-state index < -0.39 is 0 Å². The van der Waals surface area contributed by atoms with Crippen LogP contribution in [-0.2, 0) is 6.61 Å². The molecule has 5 heteroatoms. The number of aromatic nitrogens is 1. The minimum atomic E-state index is -0.320. The second kappa shape index (κ2) is 5.88. The summed E-state index contributed by atoms with van der Waals surface area (Å²) in [6.45, 7) is 0.0691. The van der Waals surface area contributed by atoms with Crippen molar-refractivity contribution in [3.63, 3.8) is 0 Å². The quantitative estimate of drug-likeness (QED) is 0.656. The number of ether oxygens (including phenoxy) is 1. The average molecular weight is 322 g/mol. The van der Waals surface area contributed by atoms with Gasteiger partial charge in [0.1, 0.15) is 17.9 Å². The molecular weight excluding hydrogens is 312 g/mol. The fraction of sp³-hybridized carbons (Fsp3) is 0.0625. The lowest BCUT2D eigenvalue weighted by atomic mass is 10.2. The molecule has 0 aliphatic carbocycles. The SMILES string of the molecule is Fc1ccccc1COc1c(Cl)cc(Cl)c2cccnc12. The van der Waals surface area contributed by atoms with Gasteiger partial charge >= 0.3 is 0 Å². The summed E-state index contributed by atoms with van der Waals surface area (Å²) in [7, 11) is 0. The Bertz CT molecular complexity index is 807. The third-order valence-corrected chi connectivity index (χ3v) is 3.67. The molecule has 3 rings (SSSR count). The number of pyridine rings is 1. The molecule has 0 spiro atoms. The average Bonchev–Trinajstić information content (AvgIpc) is 2.49. The van der Waals surface area contributed by atoms with E-state index in [4.69, 9.17) is 27.9 Å². The Morgan fingerprint density at radius 1 is 1.05 bits per heavy atom. The zero-order valence-electron chi connectivity index (χ0n) is 10.8. The van der Waals surface area contributed by atoms with Crippen molar-refractivity contribution in [2.45, 2.75) is 6.61 Å². The number of rotatable bonds is 3. The summed E-state index contributed by atoms with van der Waals surface area (Å²) >= 11 is 12.3. The van der Waals surface area contributed by atoms with E-state index in [1.165, 1.54) is 6.07 Å². The molecule has 2 aromatic carbocycles. The fourth-order valence-electron chi connectivity index (χ4n) is 2.05. The Balaban J connectivity index is 1.99. The van der Waals surface area contributed by atoms with E-state index in [0.717, 1.165) is 5.39 Å². The van der Waals surface area contributed by atoms with Gasteiger partial charge in [-0.1, -0.05) is 41.4 Å². The molecule has 0 aliphatic heterocycles. The van der Waals surface area contributed by atoms with Crippen LogP contribution in [0, 0.1) is 5.82 Å². The normalized spacial score (nSPS) is 10.8. The van der Waals surface area contributed by atoms with Gasteiger partial charge in [0.2, 0.25) is 0 Å². The first kappa shape index (κ1) is 14.1. The maximum absolute atomic E-state index is 13.6. The first-order valence-corrected chi connectivity index (χ1v) is 7.01. The number of hydrogen-bond donors (Lipinski definition) is 0. The third-order valence-electron chi connectivity index (χ3n) is 3.08. The van der Waals surface area contributed by atoms with Gasteiger partial charge in [-0.05, 0) is 24.3 Å². The van der Waals surface area contributed by atoms with Crippen molar-refractivity contribution < 1.29 is 9.13 Å². The van der Waals surface area contributed by atoms with Gasteiger partial charge in [-0.3, -0.25) is 4.98 Å². The molecule has 1 aromatic heterocycles. The number of fused-ring (bicyclic) bond motifs is 1. The first-order chi connectivity index (χ1) is 10.2. The second-order valence-electron chi connectivity index (χ2n) is 4.45. The lowest BCUT2D eigenvalue weighted by Gasteiger charge is -2.12. The zero-order valence-corrected chi connectivity index (χ0v) is 12.3. The monoisotopic (exact) mass is 321 g/mol. The molecule has 0 saturated heterocycles. The minimum Gasteiger partial charge on any atom is -0.485 e. The molecule has 1 heterocycles. The zero-order chi connectivity index (χ0) is 14.8.